The summed E-state index contributed by atoms with van der Waals surface area (Å²) in [6.07, 6.45) is -6.44. The third-order valence-corrected chi connectivity index (χ3v) is 20.6. The van der Waals surface area contributed by atoms with E-state index in [1.54, 1.807) is 44.2 Å². The first kappa shape index (κ1) is 107. The molecule has 48 heteroatoms. The molecule has 4 rings (SSSR count). The van der Waals surface area contributed by atoms with E-state index in [-0.39, 0.29) is 95.0 Å². The molecule has 17 atom stereocenters. The van der Waals surface area contributed by atoms with E-state index in [0.717, 1.165) is 23.6 Å². The number of hydrogen-bond acceptors (Lipinski definition) is 26. The number of aliphatic hydroxyl groups is 3. The van der Waals surface area contributed by atoms with E-state index in [9.17, 15) is 127 Å². The lowest BCUT2D eigenvalue weighted by Crippen LogP contribution is -2.63. The number of aliphatic hydroxyl groups excluding tert-OH is 3. The second kappa shape index (κ2) is 52.0. The Labute approximate surface area is 735 Å². The van der Waals surface area contributed by atoms with E-state index in [4.69, 9.17) is 33.5 Å². The lowest BCUT2D eigenvalue weighted by molar-refractivity contribution is -0.145. The number of carbonyl (C=O) groups excluding carboxylic acids is 17. The first-order valence-corrected chi connectivity index (χ1v) is 41.4. The highest BCUT2D eigenvalue weighted by Gasteiger charge is 2.45. The zero-order valence-electron chi connectivity index (χ0n) is 72.2. The van der Waals surface area contributed by atoms with Gasteiger partial charge in [0.25, 0.3) is 0 Å². The fraction of sp³-hybridized carbons (Fsp3) is 0.588. The van der Waals surface area contributed by atoms with Crippen molar-refractivity contribution < 1.29 is 132 Å². The van der Waals surface area contributed by atoms with E-state index in [0.29, 0.717) is 11.1 Å². The smallest absolute Gasteiger partial charge is 0.305 e. The average molecular weight is 1810 g/mol. The van der Waals surface area contributed by atoms with Crippen molar-refractivity contribution in [2.45, 2.75) is 248 Å². The number of aliphatic carboxylic acids is 3. The summed E-state index contributed by atoms with van der Waals surface area (Å²) in [6, 6.07) is -12.9. The summed E-state index contributed by atoms with van der Waals surface area (Å²) in [5, 5.41) is 111. The number of phenols is 1. The predicted molar refractivity (Wildman–Crippen MR) is 449 cm³/mol. The summed E-state index contributed by atoms with van der Waals surface area (Å²) in [5.41, 5.74) is 23.1. The van der Waals surface area contributed by atoms with Crippen LogP contribution in [-0.4, -0.2) is 305 Å². The Morgan fingerprint density at radius 2 is 0.828 bits per heavy atom. The topological polar surface area (TPSA) is 786 Å². The Hall–Kier alpha value is -13.3. The van der Waals surface area contributed by atoms with Crippen LogP contribution in [-0.2, 0) is 109 Å². The van der Waals surface area contributed by atoms with Gasteiger partial charge in [0.2, 0.25) is 100 Å². The first-order valence-electron chi connectivity index (χ1n) is 41.4. The number of likely N-dealkylation sites (tertiary alicyclic amines) is 2. The van der Waals surface area contributed by atoms with Gasteiger partial charge >= 0.3 is 17.9 Å². The Morgan fingerprint density at radius 3 is 1.30 bits per heavy atom. The van der Waals surface area contributed by atoms with E-state index in [1.807, 2.05) is 0 Å². The molecule has 2 aliphatic rings. The van der Waals surface area contributed by atoms with Gasteiger partial charge in [-0.15, -0.1) is 0 Å². The molecule has 2 aliphatic heterocycles. The molecule has 2 heterocycles. The monoisotopic (exact) mass is 1810 g/mol. The molecular formula is C80H121N21O27. The van der Waals surface area contributed by atoms with Gasteiger partial charge in [0.05, 0.1) is 44.6 Å². The minimum atomic E-state index is -2.12. The molecule has 48 nitrogen and oxygen atoms in total. The third kappa shape index (κ3) is 34.9. The van der Waals surface area contributed by atoms with Crippen LogP contribution in [0.3, 0.4) is 0 Å². The highest BCUT2D eigenvalue weighted by Crippen LogP contribution is 2.24. The van der Waals surface area contributed by atoms with Crippen molar-refractivity contribution in [1.82, 2.24) is 84.2 Å². The number of benzene rings is 2. The number of primary amides is 2. The number of nitrogens with two attached hydrogens (primary N) is 4. The molecule has 0 spiro atoms. The largest absolute Gasteiger partial charge is 0.508 e. The van der Waals surface area contributed by atoms with Crippen LogP contribution in [0, 0.1) is 23.2 Å². The van der Waals surface area contributed by atoms with Crippen LogP contribution in [0.15, 0.2) is 54.6 Å². The van der Waals surface area contributed by atoms with Crippen LogP contribution in [0.5, 0.6) is 5.75 Å². The Bertz CT molecular complexity index is 4290. The normalized spacial score (nSPS) is 17.1. The molecule has 17 amide bonds. The Balaban J connectivity index is 1.50. The van der Waals surface area contributed by atoms with Crippen LogP contribution >= 0.6 is 0 Å². The molecule has 2 aromatic rings. The van der Waals surface area contributed by atoms with Crippen molar-refractivity contribution in [3.8, 4) is 5.75 Å². The van der Waals surface area contributed by atoms with Crippen molar-refractivity contribution in [2.24, 2.45) is 40.7 Å². The second-order valence-corrected chi connectivity index (χ2v) is 32.2. The maximum Gasteiger partial charge on any atom is 0.305 e. The molecule has 2 fully saturated rings. The van der Waals surface area contributed by atoms with E-state index in [2.05, 4.69) is 74.4 Å². The molecule has 0 radical (unpaired) electrons. The Kier molecular flexibility index (Phi) is 43.5. The van der Waals surface area contributed by atoms with Crippen LogP contribution in [0.2, 0.25) is 0 Å². The molecule has 2 saturated heterocycles. The van der Waals surface area contributed by atoms with Crippen molar-refractivity contribution in [2.75, 3.05) is 32.8 Å². The lowest BCUT2D eigenvalue weighted by atomic mass is 9.99. The maximum absolute atomic E-state index is 14.9. The molecule has 30 N–H and O–H groups in total. The van der Waals surface area contributed by atoms with Gasteiger partial charge in [-0.1, -0.05) is 84.0 Å². The third-order valence-electron chi connectivity index (χ3n) is 20.6. The highest BCUT2D eigenvalue weighted by atomic mass is 16.4. The summed E-state index contributed by atoms with van der Waals surface area (Å²) < 4.78 is 0. The number of hydrogen-bond donors (Lipinski definition) is 26. The van der Waals surface area contributed by atoms with Crippen LogP contribution in [0.4, 0.5) is 0 Å². The van der Waals surface area contributed by atoms with Crippen LogP contribution < -0.4 is 97.4 Å². The summed E-state index contributed by atoms with van der Waals surface area (Å²) >= 11 is 0. The van der Waals surface area contributed by atoms with Gasteiger partial charge in [-0.25, -0.2) is 0 Å². The number of carbonyl (C=O) groups is 20. The first-order chi connectivity index (χ1) is 60.1. The molecule has 708 valence electrons. The van der Waals surface area contributed by atoms with Gasteiger partial charge in [-0.05, 0) is 106 Å². The van der Waals surface area contributed by atoms with Gasteiger partial charge in [0.1, 0.15) is 96.4 Å². The number of phenolic OH excluding ortho intramolecular Hbond substituents is 1. The summed E-state index contributed by atoms with van der Waals surface area (Å²) in [5.74, 6) is -25.7. The molecule has 0 bridgehead atoms. The Morgan fingerprint density at radius 1 is 0.438 bits per heavy atom. The average Bonchev–Trinajstić information content (AvgIpc) is 1.63. The minimum Gasteiger partial charge on any atom is -0.508 e. The van der Waals surface area contributed by atoms with Gasteiger partial charge < -0.3 is 143 Å². The number of carboxylic acid groups (broad SMARTS) is 3. The number of amides is 17. The van der Waals surface area contributed by atoms with Crippen molar-refractivity contribution in [3.63, 3.8) is 0 Å². The van der Waals surface area contributed by atoms with Crippen molar-refractivity contribution >= 4 is 124 Å². The van der Waals surface area contributed by atoms with Crippen molar-refractivity contribution in [3.05, 3.63) is 65.7 Å². The van der Waals surface area contributed by atoms with Crippen LogP contribution in [0.1, 0.15) is 144 Å². The fourth-order valence-corrected chi connectivity index (χ4v) is 13.7. The molecule has 2 aromatic carbocycles. The number of nitrogens with zero attached hydrogens (tertiary/aromatic N) is 2. The quantitative estimate of drug-likeness (QED) is 0.0166. The fourth-order valence-electron chi connectivity index (χ4n) is 13.7. The number of guanidine groups is 1. The van der Waals surface area contributed by atoms with E-state index < -0.39 is 278 Å². The maximum atomic E-state index is 14.9. The van der Waals surface area contributed by atoms with Crippen LogP contribution in [0.25, 0.3) is 0 Å². The van der Waals surface area contributed by atoms with Gasteiger partial charge in [0, 0.05) is 38.9 Å². The number of aromatic hydroxyl groups is 1. The molecular weight excluding hydrogens is 1690 g/mol. The summed E-state index contributed by atoms with van der Waals surface area (Å²) in [6.45, 7) is 8.92. The standard InChI is InChI=1S/C80H121N21O27/c1-37(2)29-51(94-75(124)61(38(3)4)97-65(114)40(7)87-67(116)47(24-25-57(82)106)88-71(120)53(35-102)96-77(126)63(41(8)104)99-72(121)54(36-103)95-76(125)62(39(5)6)98-66(115)45(81)32-58(107)108)78(127)100-27-14-19-56(100)74(123)92-50(34-60(111)112)69(118)91-49(33-59(109)110)70(119)93-52(31-42-15-10-9-11-16-42)79(128)101-28-13-18-55(101)73(122)89-46(17-12-26-86-80(84)85)68(117)90-48(64(83)113)30-43-20-22-44(105)23-21-43/h9-11,15-16,20-23,37-41,45-56,61-63,102-105H,12-14,17-19,24-36,81H2,1-8H3,(H2,82,106)(H2,83,113)(H,87,116)(H,88,120)(H,89,122)(H,90,117)(H,91,118)(H,92,123)(H,93,119)(H,94,124)(H,95,125)(H,96,126)(H,97,114)(H,98,115)(H,99,121)(H,107,108)(H,109,110)(H,111,112)(H4,84,85,86)/t40-,41+,45-,46-,47-,48-,49-,50-,51-,52-,53-,54-,55-,56-,61-,62-,63-/m0/s1. The van der Waals surface area contributed by atoms with Gasteiger partial charge in [-0.2, -0.15) is 0 Å². The summed E-state index contributed by atoms with van der Waals surface area (Å²) in [7, 11) is 0. The van der Waals surface area contributed by atoms with Gasteiger partial charge in [0.15, 0.2) is 5.96 Å². The van der Waals surface area contributed by atoms with E-state index >= 15 is 0 Å². The molecule has 0 aromatic heterocycles. The minimum absolute atomic E-state index is 0.0205. The number of rotatable bonds is 53. The highest BCUT2D eigenvalue weighted by molar-refractivity contribution is 6.02. The molecule has 0 unspecified atom stereocenters. The number of nitrogens with one attached hydrogen (secondary N) is 15. The van der Waals surface area contributed by atoms with E-state index in [1.165, 1.54) is 52.0 Å². The molecule has 0 aliphatic carbocycles. The SMILES string of the molecule is CC(C)C[C@H](NC(=O)[C@@H](NC(=O)[C@H](C)NC(=O)[C@H](CCC(N)=O)NC(=O)[C@H](CO)NC(=O)[C@@H](NC(=O)[C@H](CO)NC(=O)[C@@H](NC(=O)[C@@H](N)CC(=O)O)C(C)C)[C@@H](C)O)C(C)C)C(=O)N1CCC[C@H]1C(=O)N[C@@H](CC(=O)O)C(=O)N[C@@H](CC(=O)O)C(=O)N[C@@H](Cc1ccccc1)C(=O)N1CCC[C@H]1C(=O)N[C@@H](CCCNC(=N)N)C(=O)N[C@@H](Cc1ccc(O)cc1)C(N)=O. The molecule has 0 saturated carbocycles. The van der Waals surface area contributed by atoms with Gasteiger partial charge in [-0.3, -0.25) is 101 Å². The lowest BCUT2D eigenvalue weighted by Gasteiger charge is -2.32. The molecule has 128 heavy (non-hydrogen) atoms. The summed E-state index contributed by atoms with van der Waals surface area (Å²) in [4.78, 5) is 274. The van der Waals surface area contributed by atoms with Crippen molar-refractivity contribution in [1.29, 1.82) is 5.41 Å². The zero-order valence-corrected chi connectivity index (χ0v) is 72.2. The number of carboxylic acids is 3. The predicted octanol–water partition coefficient (Wildman–Crippen LogP) is -9.03. The second-order valence-electron chi connectivity index (χ2n) is 32.2. The zero-order chi connectivity index (χ0) is 96.3.